The summed E-state index contributed by atoms with van der Waals surface area (Å²) in [4.78, 5) is 32.7. The second kappa shape index (κ2) is 8.68. The number of halogens is 1. The molecule has 0 radical (unpaired) electrons. The molecule has 0 aliphatic rings. The number of carbonyl (C=O) groups is 1. The second-order valence-electron chi connectivity index (χ2n) is 6.77. The predicted molar refractivity (Wildman–Crippen MR) is 115 cm³/mol. The van der Waals surface area contributed by atoms with E-state index in [9.17, 15) is 14.0 Å². The Morgan fingerprint density at radius 2 is 1.88 bits per heavy atom. The van der Waals surface area contributed by atoms with Gasteiger partial charge in [-0.05, 0) is 24.3 Å². The van der Waals surface area contributed by atoms with Crippen LogP contribution >= 0.6 is 0 Å². The number of pyridine rings is 3. The molecule has 0 saturated carbocycles. The molecular weight excluding hydrogens is 417 g/mol. The number of aromatic nitrogens is 5. The van der Waals surface area contributed by atoms with E-state index < -0.39 is 17.3 Å². The van der Waals surface area contributed by atoms with Crippen molar-refractivity contribution in [1.29, 1.82) is 0 Å². The molecule has 0 fully saturated rings. The van der Waals surface area contributed by atoms with E-state index >= 15 is 0 Å². The summed E-state index contributed by atoms with van der Waals surface area (Å²) in [6, 6.07) is 9.20. The first kappa shape index (κ1) is 20.7. The van der Waals surface area contributed by atoms with Gasteiger partial charge in [-0.25, -0.2) is 14.4 Å². The molecule has 4 heterocycles. The first-order chi connectivity index (χ1) is 15.4. The summed E-state index contributed by atoms with van der Waals surface area (Å²) in [6.45, 7) is 0. The third-order valence-electron chi connectivity index (χ3n) is 4.42. The number of nitrogens with one attached hydrogen (secondary N) is 2. The molecule has 32 heavy (non-hydrogen) atoms. The van der Waals surface area contributed by atoms with E-state index in [-0.39, 0.29) is 11.4 Å². The SMILES string of the molecule is Cn1nccc1Nc1cc(Oc2ccc(NC(=O)c3cc(F)cn(C)c3=O)nc2)ccn1. The molecule has 2 N–H and O–H groups in total. The van der Waals surface area contributed by atoms with E-state index in [1.165, 1.54) is 19.3 Å². The van der Waals surface area contributed by atoms with Gasteiger partial charge in [0.05, 0.1) is 12.4 Å². The summed E-state index contributed by atoms with van der Waals surface area (Å²) >= 11 is 0. The van der Waals surface area contributed by atoms with E-state index in [4.69, 9.17) is 4.74 Å². The van der Waals surface area contributed by atoms with Crippen LogP contribution in [0.2, 0.25) is 0 Å². The minimum atomic E-state index is -0.758. The van der Waals surface area contributed by atoms with Crippen molar-refractivity contribution in [1.82, 2.24) is 24.3 Å². The molecular formula is C21H18FN7O3. The quantitative estimate of drug-likeness (QED) is 0.478. The van der Waals surface area contributed by atoms with Gasteiger partial charge in [-0.2, -0.15) is 5.10 Å². The lowest BCUT2D eigenvalue weighted by molar-refractivity contribution is 0.102. The lowest BCUT2D eigenvalue weighted by atomic mass is 10.2. The smallest absolute Gasteiger partial charge is 0.263 e. The average molecular weight is 435 g/mol. The van der Waals surface area contributed by atoms with Gasteiger partial charge in [0.2, 0.25) is 0 Å². The van der Waals surface area contributed by atoms with Crippen molar-refractivity contribution >= 4 is 23.4 Å². The fourth-order valence-electron chi connectivity index (χ4n) is 2.84. The molecule has 0 saturated heterocycles. The number of amides is 1. The molecule has 0 aliphatic carbocycles. The van der Waals surface area contributed by atoms with Gasteiger partial charge in [-0.1, -0.05) is 0 Å². The van der Waals surface area contributed by atoms with E-state index in [1.54, 1.807) is 42.3 Å². The molecule has 0 unspecified atom stereocenters. The van der Waals surface area contributed by atoms with E-state index in [1.807, 2.05) is 6.07 Å². The minimum absolute atomic E-state index is 0.182. The highest BCUT2D eigenvalue weighted by Gasteiger charge is 2.14. The van der Waals surface area contributed by atoms with E-state index in [0.29, 0.717) is 17.3 Å². The van der Waals surface area contributed by atoms with Gasteiger partial charge in [0.25, 0.3) is 11.5 Å². The molecule has 0 atom stereocenters. The number of aryl methyl sites for hydroxylation is 2. The lowest BCUT2D eigenvalue weighted by Gasteiger charge is -2.10. The normalized spacial score (nSPS) is 10.6. The summed E-state index contributed by atoms with van der Waals surface area (Å²) in [5.74, 6) is 1.01. The van der Waals surface area contributed by atoms with Crippen LogP contribution in [0.5, 0.6) is 11.5 Å². The third kappa shape index (κ3) is 4.61. The first-order valence-electron chi connectivity index (χ1n) is 9.41. The van der Waals surface area contributed by atoms with Crippen LogP contribution in [0.3, 0.4) is 0 Å². The van der Waals surface area contributed by atoms with Crippen molar-refractivity contribution in [2.45, 2.75) is 0 Å². The van der Waals surface area contributed by atoms with Gasteiger partial charge in [0.15, 0.2) is 0 Å². The molecule has 162 valence electrons. The van der Waals surface area contributed by atoms with Crippen molar-refractivity contribution in [3.63, 3.8) is 0 Å². The van der Waals surface area contributed by atoms with Crippen molar-refractivity contribution in [3.8, 4) is 11.5 Å². The predicted octanol–water partition coefficient (Wildman–Crippen LogP) is 2.84. The third-order valence-corrected chi connectivity index (χ3v) is 4.42. The number of nitrogens with zero attached hydrogens (tertiary/aromatic N) is 5. The Labute approximate surface area is 181 Å². The summed E-state index contributed by atoms with van der Waals surface area (Å²) < 4.78 is 22.0. The maximum absolute atomic E-state index is 13.5. The first-order valence-corrected chi connectivity index (χ1v) is 9.41. The van der Waals surface area contributed by atoms with Gasteiger partial charge < -0.3 is 19.9 Å². The zero-order valence-corrected chi connectivity index (χ0v) is 17.1. The standard InChI is InChI=1S/C21H18FN7O3/c1-28-12-13(22)9-16(21(28)31)20(30)27-17-4-3-15(11-24-17)32-14-5-7-23-18(10-14)26-19-6-8-25-29(19)2/h3-12H,1-2H3,(H,23,26)(H,24,27,30). The Hall–Kier alpha value is -4.54. The van der Waals surface area contributed by atoms with Crippen molar-refractivity contribution in [2.75, 3.05) is 10.6 Å². The fourth-order valence-corrected chi connectivity index (χ4v) is 2.84. The highest BCUT2D eigenvalue weighted by molar-refractivity contribution is 6.03. The molecule has 4 aromatic rings. The van der Waals surface area contributed by atoms with Gasteiger partial charge in [0, 0.05) is 38.6 Å². The lowest BCUT2D eigenvalue weighted by Crippen LogP contribution is -2.28. The highest BCUT2D eigenvalue weighted by atomic mass is 19.1. The maximum atomic E-state index is 13.5. The van der Waals surface area contributed by atoms with Crippen LogP contribution < -0.4 is 20.9 Å². The highest BCUT2D eigenvalue weighted by Crippen LogP contribution is 2.24. The number of anilines is 3. The molecule has 0 aliphatic heterocycles. The molecule has 0 spiro atoms. The maximum Gasteiger partial charge on any atom is 0.263 e. The molecule has 0 bridgehead atoms. The minimum Gasteiger partial charge on any atom is -0.456 e. The summed E-state index contributed by atoms with van der Waals surface area (Å²) in [5.41, 5.74) is -0.933. The summed E-state index contributed by atoms with van der Waals surface area (Å²) in [7, 11) is 3.17. The van der Waals surface area contributed by atoms with Crippen LogP contribution in [0.25, 0.3) is 0 Å². The van der Waals surface area contributed by atoms with Crippen LogP contribution in [0.4, 0.5) is 21.8 Å². The zero-order chi connectivity index (χ0) is 22.7. The van der Waals surface area contributed by atoms with E-state index in [2.05, 4.69) is 25.7 Å². The topological polar surface area (TPSA) is 116 Å². The van der Waals surface area contributed by atoms with Crippen molar-refractivity contribution < 1.29 is 13.9 Å². The Bertz CT molecular complexity index is 1330. The number of hydrogen-bond acceptors (Lipinski definition) is 7. The number of ether oxygens (including phenoxy) is 1. The molecule has 4 rings (SSSR count). The molecule has 4 aromatic heterocycles. The van der Waals surface area contributed by atoms with Gasteiger partial charge in [-0.15, -0.1) is 0 Å². The number of rotatable bonds is 6. The van der Waals surface area contributed by atoms with Crippen LogP contribution in [0, 0.1) is 5.82 Å². The largest absolute Gasteiger partial charge is 0.456 e. The van der Waals surface area contributed by atoms with Crippen molar-refractivity contribution in [3.05, 3.63) is 82.9 Å². The Morgan fingerprint density at radius 3 is 2.59 bits per heavy atom. The molecule has 11 heteroatoms. The fraction of sp³-hybridized carbons (Fsp3) is 0.0952. The van der Waals surface area contributed by atoms with Gasteiger partial charge >= 0.3 is 0 Å². The van der Waals surface area contributed by atoms with Gasteiger partial charge in [0.1, 0.15) is 40.3 Å². The molecule has 1 amide bonds. The van der Waals surface area contributed by atoms with Crippen LogP contribution in [0.15, 0.2) is 66.0 Å². The molecule has 10 nitrogen and oxygen atoms in total. The summed E-state index contributed by atoms with van der Waals surface area (Å²) in [6.07, 6.45) is 5.67. The Kier molecular flexibility index (Phi) is 5.62. The van der Waals surface area contributed by atoms with Gasteiger partial charge in [-0.3, -0.25) is 14.3 Å². The average Bonchev–Trinajstić information content (AvgIpc) is 3.16. The van der Waals surface area contributed by atoms with Crippen LogP contribution in [-0.4, -0.2) is 30.2 Å². The zero-order valence-electron chi connectivity index (χ0n) is 17.1. The Morgan fingerprint density at radius 1 is 1.03 bits per heavy atom. The monoisotopic (exact) mass is 435 g/mol. The van der Waals surface area contributed by atoms with E-state index in [0.717, 1.165) is 22.6 Å². The van der Waals surface area contributed by atoms with Crippen molar-refractivity contribution in [2.24, 2.45) is 14.1 Å². The van der Waals surface area contributed by atoms with Crippen LogP contribution in [0.1, 0.15) is 10.4 Å². The number of hydrogen-bond donors (Lipinski definition) is 2. The number of carbonyl (C=O) groups excluding carboxylic acids is 1. The second-order valence-corrected chi connectivity index (χ2v) is 6.77. The van der Waals surface area contributed by atoms with Crippen LogP contribution in [-0.2, 0) is 14.1 Å². The molecule has 0 aromatic carbocycles. The summed E-state index contributed by atoms with van der Waals surface area (Å²) in [5, 5.41) is 9.68. The Balaban J connectivity index is 1.43.